The van der Waals surface area contributed by atoms with E-state index in [0.29, 0.717) is 25.0 Å². The van der Waals surface area contributed by atoms with E-state index < -0.39 is 0 Å². The largest absolute Gasteiger partial charge is 0.465 e. The second kappa shape index (κ2) is 6.82. The Balaban J connectivity index is 1.53. The SMILES string of the molecule is C[N+]12CCCC[C@H]1[C@H](COC(=O)Cc1ccccc1)CCC2. The van der Waals surface area contributed by atoms with Gasteiger partial charge in [-0.05, 0) is 31.2 Å². The normalized spacial score (nSPS) is 31.3. The maximum Gasteiger partial charge on any atom is 0.310 e. The molecule has 3 nitrogen and oxygen atoms in total. The Hall–Kier alpha value is -1.35. The van der Waals surface area contributed by atoms with Gasteiger partial charge in [0.05, 0.1) is 39.2 Å². The molecular formula is C19H28NO2+. The predicted molar refractivity (Wildman–Crippen MR) is 87.4 cm³/mol. The van der Waals surface area contributed by atoms with Crippen LogP contribution in [0.4, 0.5) is 0 Å². The maximum absolute atomic E-state index is 12.1. The molecule has 3 rings (SSSR count). The number of carbonyl (C=O) groups is 1. The first-order valence-corrected chi connectivity index (χ1v) is 8.71. The molecule has 1 aromatic carbocycles. The van der Waals surface area contributed by atoms with Gasteiger partial charge >= 0.3 is 5.97 Å². The summed E-state index contributed by atoms with van der Waals surface area (Å²) in [6.45, 7) is 3.22. The van der Waals surface area contributed by atoms with E-state index in [1.807, 2.05) is 30.3 Å². The summed E-state index contributed by atoms with van der Waals surface area (Å²) in [5, 5.41) is 0. The molecule has 0 bridgehead atoms. The van der Waals surface area contributed by atoms with Crippen molar-refractivity contribution in [1.82, 2.24) is 0 Å². The van der Waals surface area contributed by atoms with Gasteiger partial charge in [0.1, 0.15) is 0 Å². The minimum absolute atomic E-state index is 0.0817. The number of quaternary nitrogens is 1. The zero-order valence-electron chi connectivity index (χ0n) is 13.7. The van der Waals surface area contributed by atoms with E-state index in [1.165, 1.54) is 49.7 Å². The third kappa shape index (κ3) is 3.52. The Morgan fingerprint density at radius 2 is 1.91 bits per heavy atom. The summed E-state index contributed by atoms with van der Waals surface area (Å²) in [7, 11) is 2.40. The van der Waals surface area contributed by atoms with E-state index in [1.54, 1.807) is 0 Å². The molecule has 0 amide bonds. The van der Waals surface area contributed by atoms with Crippen molar-refractivity contribution in [3.8, 4) is 0 Å². The zero-order chi connectivity index (χ0) is 15.4. The number of esters is 1. The fraction of sp³-hybridized carbons (Fsp3) is 0.632. The van der Waals surface area contributed by atoms with Gasteiger partial charge in [0, 0.05) is 12.3 Å². The number of hydrogen-bond acceptors (Lipinski definition) is 2. The van der Waals surface area contributed by atoms with Gasteiger partial charge in [-0.25, -0.2) is 0 Å². The summed E-state index contributed by atoms with van der Waals surface area (Å²) in [6, 6.07) is 10.6. The Bertz CT molecular complexity index is 497. The first-order chi connectivity index (χ1) is 10.7. The summed E-state index contributed by atoms with van der Waals surface area (Å²) in [6.07, 6.45) is 6.88. The van der Waals surface area contributed by atoms with Crippen LogP contribution in [-0.2, 0) is 16.0 Å². The van der Waals surface area contributed by atoms with Gasteiger partial charge in [-0.3, -0.25) is 4.79 Å². The maximum atomic E-state index is 12.1. The van der Waals surface area contributed by atoms with Crippen molar-refractivity contribution in [2.24, 2.45) is 5.92 Å². The molecule has 2 aliphatic rings. The summed E-state index contributed by atoms with van der Waals surface area (Å²) in [5.41, 5.74) is 1.04. The highest BCUT2D eigenvalue weighted by Crippen LogP contribution is 2.36. The minimum Gasteiger partial charge on any atom is -0.465 e. The number of rotatable bonds is 4. The van der Waals surface area contributed by atoms with Crippen LogP contribution in [0.1, 0.15) is 37.7 Å². The van der Waals surface area contributed by atoms with Crippen LogP contribution < -0.4 is 0 Å². The first kappa shape index (κ1) is 15.5. The fourth-order valence-corrected chi connectivity index (χ4v) is 4.44. The molecule has 2 heterocycles. The van der Waals surface area contributed by atoms with Crippen LogP contribution in [0, 0.1) is 5.92 Å². The highest BCUT2D eigenvalue weighted by atomic mass is 16.5. The zero-order valence-corrected chi connectivity index (χ0v) is 13.7. The predicted octanol–water partition coefficient (Wildman–Crippen LogP) is 3.18. The first-order valence-electron chi connectivity index (χ1n) is 8.71. The van der Waals surface area contributed by atoms with Crippen LogP contribution in [0.2, 0.25) is 0 Å². The van der Waals surface area contributed by atoms with Crippen molar-refractivity contribution in [1.29, 1.82) is 0 Å². The van der Waals surface area contributed by atoms with Crippen LogP contribution >= 0.6 is 0 Å². The minimum atomic E-state index is -0.0817. The Morgan fingerprint density at radius 3 is 2.73 bits per heavy atom. The quantitative estimate of drug-likeness (QED) is 0.631. The number of benzene rings is 1. The number of hydrogen-bond donors (Lipinski definition) is 0. The molecule has 1 unspecified atom stereocenters. The number of nitrogens with zero attached hydrogens (tertiary/aromatic N) is 1. The lowest BCUT2D eigenvalue weighted by atomic mass is 9.82. The monoisotopic (exact) mass is 302 g/mol. The lowest BCUT2D eigenvalue weighted by Gasteiger charge is -2.51. The Morgan fingerprint density at radius 1 is 1.14 bits per heavy atom. The third-order valence-corrected chi connectivity index (χ3v) is 5.66. The van der Waals surface area contributed by atoms with Crippen LogP contribution in [0.5, 0.6) is 0 Å². The second-order valence-electron chi connectivity index (χ2n) is 7.24. The molecule has 2 fully saturated rings. The fourth-order valence-electron chi connectivity index (χ4n) is 4.44. The van der Waals surface area contributed by atoms with Crippen molar-refractivity contribution >= 4 is 5.97 Å². The van der Waals surface area contributed by atoms with Crippen molar-refractivity contribution in [2.75, 3.05) is 26.7 Å². The third-order valence-electron chi connectivity index (χ3n) is 5.66. The van der Waals surface area contributed by atoms with Gasteiger partial charge in [-0.15, -0.1) is 0 Å². The molecule has 0 N–H and O–H groups in total. The Kier molecular flexibility index (Phi) is 4.82. The standard InChI is InChI=1S/C19H28NO2/c1-20-12-6-5-11-18(20)17(10-7-13-20)15-22-19(21)14-16-8-3-2-4-9-16/h2-4,8-9,17-18H,5-7,10-15H2,1H3/q+1/t17-,18-,20?/m0/s1. The second-order valence-corrected chi connectivity index (χ2v) is 7.24. The van der Waals surface area contributed by atoms with Gasteiger partial charge in [0.25, 0.3) is 0 Å². The number of fused-ring (bicyclic) bond motifs is 1. The van der Waals surface area contributed by atoms with E-state index in [0.717, 1.165) is 5.56 Å². The molecule has 22 heavy (non-hydrogen) atoms. The van der Waals surface area contributed by atoms with E-state index >= 15 is 0 Å². The number of ether oxygens (including phenoxy) is 1. The average molecular weight is 302 g/mol. The highest BCUT2D eigenvalue weighted by molar-refractivity contribution is 5.72. The lowest BCUT2D eigenvalue weighted by Crippen LogP contribution is -2.61. The van der Waals surface area contributed by atoms with Crippen LogP contribution in [-0.4, -0.2) is 43.2 Å². The van der Waals surface area contributed by atoms with Gasteiger partial charge in [-0.2, -0.15) is 0 Å². The molecular weight excluding hydrogens is 274 g/mol. The van der Waals surface area contributed by atoms with E-state index in [9.17, 15) is 4.79 Å². The van der Waals surface area contributed by atoms with E-state index in [2.05, 4.69) is 7.05 Å². The smallest absolute Gasteiger partial charge is 0.310 e. The summed E-state index contributed by atoms with van der Waals surface area (Å²) >= 11 is 0. The van der Waals surface area contributed by atoms with Crippen LogP contribution in [0.3, 0.4) is 0 Å². The molecule has 0 aliphatic carbocycles. The number of carbonyl (C=O) groups excluding carboxylic acids is 1. The molecule has 0 radical (unpaired) electrons. The van der Waals surface area contributed by atoms with Crippen LogP contribution in [0.25, 0.3) is 0 Å². The molecule has 2 saturated heterocycles. The van der Waals surface area contributed by atoms with Gasteiger partial charge in [-0.1, -0.05) is 30.3 Å². The van der Waals surface area contributed by atoms with Crippen molar-refractivity contribution in [3.05, 3.63) is 35.9 Å². The van der Waals surface area contributed by atoms with Crippen molar-refractivity contribution in [2.45, 2.75) is 44.6 Å². The highest BCUT2D eigenvalue weighted by Gasteiger charge is 2.43. The topological polar surface area (TPSA) is 26.3 Å². The molecule has 3 heteroatoms. The molecule has 1 aromatic rings. The lowest BCUT2D eigenvalue weighted by molar-refractivity contribution is -0.947. The van der Waals surface area contributed by atoms with Gasteiger partial charge < -0.3 is 9.22 Å². The van der Waals surface area contributed by atoms with Crippen molar-refractivity contribution < 1.29 is 14.0 Å². The van der Waals surface area contributed by atoms with Gasteiger partial charge in [0.2, 0.25) is 0 Å². The summed E-state index contributed by atoms with van der Waals surface area (Å²) in [5.74, 6) is 0.473. The van der Waals surface area contributed by atoms with E-state index in [-0.39, 0.29) is 5.97 Å². The number of piperidine rings is 2. The molecule has 0 aromatic heterocycles. The molecule has 0 spiro atoms. The molecule has 3 atom stereocenters. The molecule has 120 valence electrons. The molecule has 0 saturated carbocycles. The van der Waals surface area contributed by atoms with Crippen LogP contribution in [0.15, 0.2) is 30.3 Å². The molecule has 2 aliphatic heterocycles. The Labute approximate surface area is 133 Å². The summed E-state index contributed by atoms with van der Waals surface area (Å²) < 4.78 is 6.84. The van der Waals surface area contributed by atoms with E-state index in [4.69, 9.17) is 4.74 Å². The van der Waals surface area contributed by atoms with Gasteiger partial charge in [0.15, 0.2) is 0 Å². The van der Waals surface area contributed by atoms with Crippen molar-refractivity contribution in [3.63, 3.8) is 0 Å². The summed E-state index contributed by atoms with van der Waals surface area (Å²) in [4.78, 5) is 12.1. The average Bonchev–Trinajstić information content (AvgIpc) is 2.53.